The third-order valence-electron chi connectivity index (χ3n) is 4.28. The molecule has 0 fully saturated rings. The molecular weight excluding hydrogens is 358 g/mol. The first-order chi connectivity index (χ1) is 13.3. The van der Waals surface area contributed by atoms with Gasteiger partial charge in [-0.3, -0.25) is 14.4 Å². The number of esters is 1. The van der Waals surface area contributed by atoms with Crippen LogP contribution in [0.5, 0.6) is 5.75 Å². The Bertz CT molecular complexity index is 844. The Balaban J connectivity index is 1.95. The maximum absolute atomic E-state index is 12.4. The third-order valence-corrected chi connectivity index (χ3v) is 4.28. The minimum atomic E-state index is -0.574. The average molecular weight is 383 g/mol. The Morgan fingerprint density at radius 3 is 2.32 bits per heavy atom. The van der Waals surface area contributed by atoms with Crippen molar-refractivity contribution in [3.63, 3.8) is 0 Å². The van der Waals surface area contributed by atoms with E-state index < -0.39 is 18.0 Å². The minimum Gasteiger partial charge on any atom is -0.497 e. The molecular formula is C22H25NO5. The molecule has 0 spiro atoms. The lowest BCUT2D eigenvalue weighted by atomic mass is 9.99. The van der Waals surface area contributed by atoms with Crippen LogP contribution in [0.2, 0.25) is 0 Å². The Hall–Kier alpha value is -3.15. The molecule has 1 N–H and O–H groups in total. The fraction of sp³-hybridized carbons (Fsp3) is 0.318. The van der Waals surface area contributed by atoms with E-state index in [1.54, 1.807) is 63.4 Å². The maximum Gasteiger partial charge on any atom is 0.309 e. The van der Waals surface area contributed by atoms with Crippen molar-refractivity contribution in [1.82, 2.24) is 0 Å². The van der Waals surface area contributed by atoms with Gasteiger partial charge in [0.2, 0.25) is 5.91 Å². The van der Waals surface area contributed by atoms with Gasteiger partial charge in [0.1, 0.15) is 11.9 Å². The number of Topliss-reactive ketones (excluding diaryl/α,β-unsaturated/α-hetero) is 1. The second-order valence-corrected chi connectivity index (χ2v) is 6.64. The van der Waals surface area contributed by atoms with E-state index in [-0.39, 0.29) is 18.1 Å². The summed E-state index contributed by atoms with van der Waals surface area (Å²) >= 11 is 0. The summed E-state index contributed by atoms with van der Waals surface area (Å²) in [4.78, 5) is 35.9. The standard InChI is InChI=1S/C22H25NO5/c1-14(12-21(25)17-8-10-20(27-4)11-9-17)22(26)28-15(2)18-6-5-7-19(13-18)23-16(3)24/h5-11,13-15H,12H2,1-4H3,(H,23,24). The summed E-state index contributed by atoms with van der Waals surface area (Å²) in [5.41, 5.74) is 1.92. The van der Waals surface area contributed by atoms with E-state index in [9.17, 15) is 14.4 Å². The lowest BCUT2D eigenvalue weighted by molar-refractivity contribution is -0.153. The molecule has 6 nitrogen and oxygen atoms in total. The predicted octanol–water partition coefficient (Wildman–Crippen LogP) is 4.17. The van der Waals surface area contributed by atoms with E-state index >= 15 is 0 Å². The van der Waals surface area contributed by atoms with Crippen molar-refractivity contribution in [3.8, 4) is 5.75 Å². The second-order valence-electron chi connectivity index (χ2n) is 6.64. The zero-order valence-corrected chi connectivity index (χ0v) is 16.5. The number of carbonyl (C=O) groups excluding carboxylic acids is 3. The molecule has 0 saturated carbocycles. The van der Waals surface area contributed by atoms with Crippen molar-refractivity contribution in [2.24, 2.45) is 5.92 Å². The minimum absolute atomic E-state index is 0.0593. The van der Waals surface area contributed by atoms with Crippen LogP contribution < -0.4 is 10.1 Å². The number of ether oxygens (including phenoxy) is 2. The first-order valence-corrected chi connectivity index (χ1v) is 9.05. The van der Waals surface area contributed by atoms with Gasteiger partial charge in [-0.2, -0.15) is 0 Å². The highest BCUT2D eigenvalue weighted by molar-refractivity contribution is 5.98. The number of amides is 1. The highest BCUT2D eigenvalue weighted by Gasteiger charge is 2.22. The maximum atomic E-state index is 12.4. The van der Waals surface area contributed by atoms with Crippen LogP contribution in [0.3, 0.4) is 0 Å². The van der Waals surface area contributed by atoms with E-state index in [2.05, 4.69) is 5.32 Å². The smallest absolute Gasteiger partial charge is 0.309 e. The summed E-state index contributed by atoms with van der Waals surface area (Å²) in [6.07, 6.45) is -0.441. The van der Waals surface area contributed by atoms with E-state index in [0.29, 0.717) is 17.0 Å². The fourth-order valence-electron chi connectivity index (χ4n) is 2.69. The molecule has 6 heteroatoms. The number of nitrogens with one attached hydrogen (secondary N) is 1. The Labute approximate surface area is 164 Å². The number of benzene rings is 2. The van der Waals surface area contributed by atoms with Crippen LogP contribution in [-0.2, 0) is 14.3 Å². The summed E-state index contributed by atoms with van der Waals surface area (Å²) in [6, 6.07) is 13.9. The van der Waals surface area contributed by atoms with Crippen LogP contribution in [0.4, 0.5) is 5.69 Å². The van der Waals surface area contributed by atoms with Crippen molar-refractivity contribution in [3.05, 3.63) is 59.7 Å². The molecule has 2 atom stereocenters. The monoisotopic (exact) mass is 383 g/mol. The van der Waals surface area contributed by atoms with Crippen molar-refractivity contribution in [2.75, 3.05) is 12.4 Å². The van der Waals surface area contributed by atoms with Crippen molar-refractivity contribution >= 4 is 23.3 Å². The Morgan fingerprint density at radius 2 is 1.71 bits per heavy atom. The number of hydrogen-bond donors (Lipinski definition) is 1. The van der Waals surface area contributed by atoms with Gasteiger partial charge in [0.25, 0.3) is 0 Å². The molecule has 0 aliphatic heterocycles. The van der Waals surface area contributed by atoms with Crippen LogP contribution in [0.15, 0.2) is 48.5 Å². The summed E-state index contributed by atoms with van der Waals surface area (Å²) in [6.45, 7) is 4.85. The van der Waals surface area contributed by atoms with E-state index in [1.165, 1.54) is 6.92 Å². The van der Waals surface area contributed by atoms with Gasteiger partial charge in [-0.1, -0.05) is 19.1 Å². The summed E-state index contributed by atoms with van der Waals surface area (Å²) in [5.74, 6) is -0.658. The highest BCUT2D eigenvalue weighted by atomic mass is 16.5. The summed E-state index contributed by atoms with van der Waals surface area (Å²) in [7, 11) is 1.56. The van der Waals surface area contributed by atoms with Gasteiger partial charge in [-0.25, -0.2) is 0 Å². The molecule has 1 amide bonds. The molecule has 0 aliphatic rings. The van der Waals surface area contributed by atoms with Crippen LogP contribution in [0, 0.1) is 5.92 Å². The van der Waals surface area contributed by atoms with Gasteiger partial charge in [0.05, 0.1) is 13.0 Å². The van der Waals surface area contributed by atoms with Crippen molar-refractivity contribution in [1.29, 1.82) is 0 Å². The van der Waals surface area contributed by atoms with Crippen LogP contribution in [0.1, 0.15) is 49.2 Å². The number of ketones is 1. The SMILES string of the molecule is COc1ccc(C(=O)CC(C)C(=O)OC(C)c2cccc(NC(C)=O)c2)cc1. The quantitative estimate of drug-likeness (QED) is 0.547. The fourth-order valence-corrected chi connectivity index (χ4v) is 2.69. The molecule has 0 aromatic heterocycles. The van der Waals surface area contributed by atoms with E-state index in [1.807, 2.05) is 6.07 Å². The third kappa shape index (κ3) is 5.94. The number of methoxy groups -OCH3 is 1. The summed E-state index contributed by atoms with van der Waals surface area (Å²) < 4.78 is 10.6. The molecule has 0 bridgehead atoms. The normalized spacial score (nSPS) is 12.6. The molecule has 0 heterocycles. The van der Waals surface area contributed by atoms with Crippen LogP contribution in [0.25, 0.3) is 0 Å². The zero-order valence-electron chi connectivity index (χ0n) is 16.5. The van der Waals surface area contributed by atoms with Crippen molar-refractivity contribution in [2.45, 2.75) is 33.3 Å². The lowest BCUT2D eigenvalue weighted by Crippen LogP contribution is -2.20. The van der Waals surface area contributed by atoms with Gasteiger partial charge in [0, 0.05) is 24.6 Å². The number of rotatable bonds is 8. The van der Waals surface area contributed by atoms with Gasteiger partial charge >= 0.3 is 5.97 Å². The van der Waals surface area contributed by atoms with Gasteiger partial charge < -0.3 is 14.8 Å². The van der Waals surface area contributed by atoms with E-state index in [4.69, 9.17) is 9.47 Å². The molecule has 2 unspecified atom stereocenters. The molecule has 2 aromatic carbocycles. The van der Waals surface area contributed by atoms with E-state index in [0.717, 1.165) is 5.56 Å². The molecule has 2 rings (SSSR count). The molecule has 28 heavy (non-hydrogen) atoms. The second kappa shape index (κ2) is 9.69. The lowest BCUT2D eigenvalue weighted by Gasteiger charge is -2.17. The van der Waals surface area contributed by atoms with Gasteiger partial charge in [-0.15, -0.1) is 0 Å². The molecule has 2 aromatic rings. The van der Waals surface area contributed by atoms with Crippen LogP contribution in [-0.4, -0.2) is 24.8 Å². The molecule has 148 valence electrons. The number of anilines is 1. The number of hydrogen-bond acceptors (Lipinski definition) is 5. The van der Waals surface area contributed by atoms with Gasteiger partial charge in [-0.05, 0) is 48.9 Å². The first kappa shape index (κ1) is 21.2. The van der Waals surface area contributed by atoms with Crippen LogP contribution >= 0.6 is 0 Å². The van der Waals surface area contributed by atoms with Crippen molar-refractivity contribution < 1.29 is 23.9 Å². The topological polar surface area (TPSA) is 81.7 Å². The van der Waals surface area contributed by atoms with Gasteiger partial charge in [0.15, 0.2) is 5.78 Å². The molecule has 0 saturated heterocycles. The largest absolute Gasteiger partial charge is 0.497 e. The summed E-state index contributed by atoms with van der Waals surface area (Å²) in [5, 5.41) is 2.70. The molecule has 0 aliphatic carbocycles. The Morgan fingerprint density at radius 1 is 1.04 bits per heavy atom. The predicted molar refractivity (Wildman–Crippen MR) is 106 cm³/mol. The zero-order chi connectivity index (χ0) is 20.7. The first-order valence-electron chi connectivity index (χ1n) is 9.05. The number of carbonyl (C=O) groups is 3. The Kier molecular flexibility index (Phi) is 7.32. The highest BCUT2D eigenvalue weighted by Crippen LogP contribution is 2.23. The molecule has 0 radical (unpaired) electrons. The average Bonchev–Trinajstić information content (AvgIpc) is 2.67.